The van der Waals surface area contributed by atoms with Crippen LogP contribution in [-0.2, 0) is 16.4 Å². The number of rotatable bonds is 11. The van der Waals surface area contributed by atoms with Crippen LogP contribution in [-0.4, -0.2) is 62.0 Å². The van der Waals surface area contributed by atoms with Gasteiger partial charge in [0.1, 0.15) is 12.0 Å². The van der Waals surface area contributed by atoms with Crippen molar-refractivity contribution in [1.29, 1.82) is 0 Å². The Labute approximate surface area is 300 Å². The Kier molecular flexibility index (Phi) is 12.6. The fourth-order valence-electron chi connectivity index (χ4n) is 7.36. The van der Waals surface area contributed by atoms with Gasteiger partial charge in [-0.1, -0.05) is 98.3 Å². The van der Waals surface area contributed by atoms with Gasteiger partial charge in [-0.3, -0.25) is 9.59 Å². The van der Waals surface area contributed by atoms with Gasteiger partial charge in [-0.25, -0.2) is 0 Å². The molecule has 0 spiro atoms. The summed E-state index contributed by atoms with van der Waals surface area (Å²) >= 11 is 0. The van der Waals surface area contributed by atoms with Crippen molar-refractivity contribution in [2.75, 3.05) is 32.7 Å². The van der Waals surface area contributed by atoms with E-state index in [2.05, 4.69) is 22.5 Å². The van der Waals surface area contributed by atoms with Gasteiger partial charge in [0.25, 0.3) is 0 Å². The van der Waals surface area contributed by atoms with E-state index >= 15 is 0 Å². The molecule has 0 aromatic heterocycles. The summed E-state index contributed by atoms with van der Waals surface area (Å²) in [6, 6.07) is 27.4. The van der Waals surface area contributed by atoms with E-state index < -0.39 is 35.8 Å². The fourth-order valence-corrected chi connectivity index (χ4v) is 7.36. The summed E-state index contributed by atoms with van der Waals surface area (Å²) in [4.78, 5) is 26.8. The van der Waals surface area contributed by atoms with Gasteiger partial charge in [-0.15, -0.1) is 0 Å². The third kappa shape index (κ3) is 9.11. The molecule has 1 aliphatic carbocycles. The van der Waals surface area contributed by atoms with Crippen molar-refractivity contribution in [3.63, 3.8) is 0 Å². The van der Waals surface area contributed by atoms with E-state index in [1.807, 2.05) is 48.5 Å². The quantitative estimate of drug-likeness (QED) is 0.0922. The zero-order chi connectivity index (χ0) is 37.4. The topological polar surface area (TPSA) is 61.4 Å². The van der Waals surface area contributed by atoms with E-state index in [0.717, 1.165) is 86.2 Å². The lowest BCUT2D eigenvalue weighted by Crippen LogP contribution is -2.47. The third-order valence-corrected chi connectivity index (χ3v) is 9.87. The maximum absolute atomic E-state index is 13.5. The highest BCUT2D eigenvalue weighted by molar-refractivity contribution is 6.00. The van der Waals surface area contributed by atoms with E-state index in [1.54, 1.807) is 24.3 Å². The van der Waals surface area contributed by atoms with E-state index in [0.29, 0.717) is 35.4 Å². The molecule has 2 aliphatic rings. The molecule has 276 valence electrons. The average Bonchev–Trinajstić information content (AvgIpc) is 3.43. The number of piperidine rings is 1. The second-order valence-corrected chi connectivity index (χ2v) is 13.2. The van der Waals surface area contributed by atoms with Crippen LogP contribution in [0, 0.1) is 0 Å². The van der Waals surface area contributed by atoms with Crippen LogP contribution in [0.1, 0.15) is 66.1 Å². The van der Waals surface area contributed by atoms with Crippen LogP contribution in [0.15, 0.2) is 97.1 Å². The van der Waals surface area contributed by atoms with E-state index in [9.17, 15) is 35.9 Å². The molecule has 1 saturated heterocycles. The number of carbonyl (C=O) groups is 2. The molecule has 1 heterocycles. The lowest BCUT2D eigenvalue weighted by molar-refractivity contribution is -0.141. The van der Waals surface area contributed by atoms with Crippen molar-refractivity contribution >= 4 is 12.2 Å². The lowest BCUT2D eigenvalue weighted by Gasteiger charge is -2.33. The summed E-state index contributed by atoms with van der Waals surface area (Å²) in [5.74, 6) is -0.561. The number of carbonyl (C=O) groups excluding carboxylic acids is 2. The summed E-state index contributed by atoms with van der Waals surface area (Å²) in [5, 5.41) is 5.73. The number of nitrogens with one attached hydrogen (secondary N) is 2. The van der Waals surface area contributed by atoms with Crippen molar-refractivity contribution in [2.24, 2.45) is 0 Å². The first-order valence-electron chi connectivity index (χ1n) is 17.6. The minimum Gasteiger partial charge on any atom is -0.346 e. The van der Waals surface area contributed by atoms with E-state index in [4.69, 9.17) is 0 Å². The first-order valence-corrected chi connectivity index (χ1v) is 17.6. The number of alkyl halides is 6. The monoisotopic (exact) mass is 723 g/mol. The van der Waals surface area contributed by atoms with Crippen LogP contribution in [0.3, 0.4) is 0 Å². The molecular formula is C41H43F6N3O2. The molecule has 5 nitrogen and oxygen atoms in total. The highest BCUT2D eigenvalue weighted by Gasteiger charge is 2.49. The maximum atomic E-state index is 13.5. The molecule has 0 bridgehead atoms. The number of fused-ring (bicyclic) bond motifs is 3. The normalized spacial score (nSPS) is 15.6. The largest absolute Gasteiger partial charge is 0.416 e. The van der Waals surface area contributed by atoms with Crippen LogP contribution >= 0.6 is 0 Å². The van der Waals surface area contributed by atoms with Gasteiger partial charge in [0.2, 0.25) is 5.91 Å². The number of amides is 1. The molecule has 1 fully saturated rings. The Morgan fingerprint density at radius 2 is 1.35 bits per heavy atom. The standard InChI is InChI=1S/C27H34F3N3O.C14H9F3O/c1-2-31-20-13-17-33(18-14-20)16-8-7-15-26(25(34)32-19-27(28,29)30)23-11-5-3-9-21(23)22-10-4-6-12-24(22)26;15-14(16,17)12-7-5-10(6-8-12)13-4-2-1-3-11(13)9-18/h3-6,9-12,20,31H,2,7-8,13-19H2,1H3,(H,32,34);1-9H. The lowest BCUT2D eigenvalue weighted by atomic mass is 9.73. The molecule has 6 rings (SSSR count). The molecule has 0 unspecified atom stereocenters. The van der Waals surface area contributed by atoms with Crippen molar-refractivity contribution in [3.05, 3.63) is 119 Å². The summed E-state index contributed by atoms with van der Waals surface area (Å²) in [7, 11) is 0. The van der Waals surface area contributed by atoms with Gasteiger partial charge in [0.05, 0.1) is 5.56 Å². The van der Waals surface area contributed by atoms with Crippen LogP contribution in [0.4, 0.5) is 26.3 Å². The predicted molar refractivity (Wildman–Crippen MR) is 191 cm³/mol. The molecule has 11 heteroatoms. The van der Waals surface area contributed by atoms with Crippen molar-refractivity contribution in [3.8, 4) is 22.3 Å². The molecule has 2 N–H and O–H groups in total. The first kappa shape index (κ1) is 38.7. The van der Waals surface area contributed by atoms with Crippen molar-refractivity contribution in [1.82, 2.24) is 15.5 Å². The molecule has 0 atom stereocenters. The number of hydrogen-bond acceptors (Lipinski definition) is 4. The number of halogens is 6. The van der Waals surface area contributed by atoms with Crippen LogP contribution in [0.5, 0.6) is 0 Å². The van der Waals surface area contributed by atoms with E-state index in [1.165, 1.54) is 12.1 Å². The number of aldehydes is 1. The molecule has 0 saturated carbocycles. The number of unbranched alkanes of at least 4 members (excludes halogenated alkanes) is 1. The molecule has 4 aromatic rings. The first-order chi connectivity index (χ1) is 24.9. The Bertz CT molecular complexity index is 1750. The summed E-state index contributed by atoms with van der Waals surface area (Å²) in [6.45, 7) is 4.86. The smallest absolute Gasteiger partial charge is 0.346 e. The van der Waals surface area contributed by atoms with Gasteiger partial charge in [-0.05, 0) is 97.4 Å². The Balaban J connectivity index is 0.000000244. The van der Waals surface area contributed by atoms with Gasteiger partial charge in [0, 0.05) is 11.6 Å². The number of nitrogens with zero attached hydrogens (tertiary/aromatic N) is 1. The molecule has 0 radical (unpaired) electrons. The van der Waals surface area contributed by atoms with Crippen molar-refractivity contribution < 1.29 is 35.9 Å². The summed E-state index contributed by atoms with van der Waals surface area (Å²) < 4.78 is 76.2. The number of benzene rings is 4. The summed E-state index contributed by atoms with van der Waals surface area (Å²) in [6.07, 6.45) is -3.68. The molecular weight excluding hydrogens is 680 g/mol. The van der Waals surface area contributed by atoms with Gasteiger partial charge in [0.15, 0.2) is 6.29 Å². The Hall–Kier alpha value is -4.48. The Morgan fingerprint density at radius 1 is 0.788 bits per heavy atom. The van der Waals surface area contributed by atoms with Crippen LogP contribution < -0.4 is 10.6 Å². The second kappa shape index (κ2) is 16.9. The van der Waals surface area contributed by atoms with Gasteiger partial charge >= 0.3 is 12.4 Å². The zero-order valence-electron chi connectivity index (χ0n) is 29.0. The van der Waals surface area contributed by atoms with Crippen LogP contribution in [0.2, 0.25) is 0 Å². The van der Waals surface area contributed by atoms with Gasteiger partial charge < -0.3 is 15.5 Å². The maximum Gasteiger partial charge on any atom is 0.416 e. The van der Waals surface area contributed by atoms with Crippen LogP contribution in [0.25, 0.3) is 22.3 Å². The molecule has 4 aromatic carbocycles. The molecule has 1 aliphatic heterocycles. The Morgan fingerprint density at radius 3 is 1.88 bits per heavy atom. The highest BCUT2D eigenvalue weighted by atomic mass is 19.4. The zero-order valence-corrected chi connectivity index (χ0v) is 29.0. The SMILES string of the molecule is CCNC1CCN(CCCCC2(C(=O)NCC(F)(F)F)c3ccccc3-c3ccccc32)CC1.O=Cc1ccccc1-c1ccc(C(F)(F)F)cc1. The number of likely N-dealkylation sites (tertiary alicyclic amines) is 1. The average molecular weight is 724 g/mol. The second-order valence-electron chi connectivity index (χ2n) is 13.2. The predicted octanol–water partition coefficient (Wildman–Crippen LogP) is 9.06. The van der Waals surface area contributed by atoms with Crippen molar-refractivity contribution in [2.45, 2.75) is 62.8 Å². The number of hydrogen-bond donors (Lipinski definition) is 2. The minimum absolute atomic E-state index is 0.456. The highest BCUT2D eigenvalue weighted by Crippen LogP contribution is 2.51. The minimum atomic E-state index is -4.45. The third-order valence-electron chi connectivity index (χ3n) is 9.87. The molecule has 52 heavy (non-hydrogen) atoms. The van der Waals surface area contributed by atoms with E-state index in [-0.39, 0.29) is 0 Å². The molecule has 1 amide bonds. The van der Waals surface area contributed by atoms with Gasteiger partial charge in [-0.2, -0.15) is 26.3 Å². The fraction of sp³-hybridized carbons (Fsp3) is 0.366. The summed E-state index contributed by atoms with van der Waals surface area (Å²) in [5.41, 5.74) is 3.36.